The van der Waals surface area contributed by atoms with Gasteiger partial charge in [-0.1, -0.05) is 6.92 Å². The lowest BCUT2D eigenvalue weighted by Gasteiger charge is -2.40. The van der Waals surface area contributed by atoms with Crippen LogP contribution in [0.4, 0.5) is 0 Å². The van der Waals surface area contributed by atoms with E-state index in [2.05, 4.69) is 5.32 Å². The lowest BCUT2D eigenvalue weighted by molar-refractivity contribution is -0.139. The molecule has 1 aliphatic heterocycles. The van der Waals surface area contributed by atoms with E-state index in [-0.39, 0.29) is 30.4 Å². The summed E-state index contributed by atoms with van der Waals surface area (Å²) in [6, 6.07) is 0.748. The Morgan fingerprint density at radius 3 is 2.95 bits per heavy atom. The highest BCUT2D eigenvalue weighted by molar-refractivity contribution is 5.97. The Bertz CT molecular complexity index is 486. The molecule has 2 amide bonds. The zero-order chi connectivity index (χ0) is 15.4. The Balaban J connectivity index is 1.99. The molecule has 0 radical (unpaired) electrons. The van der Waals surface area contributed by atoms with Gasteiger partial charge in [-0.3, -0.25) is 9.59 Å². The third-order valence-electron chi connectivity index (χ3n) is 4.09. The van der Waals surface area contributed by atoms with Crippen LogP contribution in [0.3, 0.4) is 0 Å². The molecule has 1 aromatic rings. The molecule has 21 heavy (non-hydrogen) atoms. The number of aliphatic hydroxyl groups excluding tert-OH is 1. The van der Waals surface area contributed by atoms with E-state index in [9.17, 15) is 14.7 Å². The molecule has 6 heteroatoms. The van der Waals surface area contributed by atoms with Crippen LogP contribution in [0.25, 0.3) is 0 Å². The van der Waals surface area contributed by atoms with Crippen molar-refractivity contribution in [3.63, 3.8) is 0 Å². The van der Waals surface area contributed by atoms with E-state index < -0.39 is 6.04 Å². The fraction of sp³-hybridized carbons (Fsp3) is 0.600. The Hall–Kier alpha value is -1.82. The first-order chi connectivity index (χ1) is 10.0. The van der Waals surface area contributed by atoms with Gasteiger partial charge in [-0.05, 0) is 31.7 Å². The molecule has 1 fully saturated rings. The normalized spacial score (nSPS) is 23.7. The van der Waals surface area contributed by atoms with Crippen molar-refractivity contribution in [2.24, 2.45) is 5.92 Å². The number of piperidine rings is 1. The summed E-state index contributed by atoms with van der Waals surface area (Å²) in [6.45, 7) is 4.28. The maximum atomic E-state index is 12.5. The quantitative estimate of drug-likeness (QED) is 0.868. The SMILES string of the molecule is CC(NC(=O)c1ccoc1)C(=O)N1CCCC(C)C1CO. The Kier molecular flexibility index (Phi) is 5.01. The number of furan rings is 1. The number of aliphatic hydroxyl groups is 1. The number of hydrogen-bond donors (Lipinski definition) is 2. The van der Waals surface area contributed by atoms with Crippen molar-refractivity contribution in [2.45, 2.75) is 38.8 Å². The van der Waals surface area contributed by atoms with Crippen LogP contribution in [0.2, 0.25) is 0 Å². The Morgan fingerprint density at radius 1 is 1.57 bits per heavy atom. The van der Waals surface area contributed by atoms with Gasteiger partial charge < -0.3 is 19.7 Å². The first-order valence-corrected chi connectivity index (χ1v) is 7.29. The lowest BCUT2D eigenvalue weighted by Crippen LogP contribution is -2.55. The topological polar surface area (TPSA) is 82.8 Å². The van der Waals surface area contributed by atoms with E-state index in [1.165, 1.54) is 12.5 Å². The monoisotopic (exact) mass is 294 g/mol. The fourth-order valence-electron chi connectivity index (χ4n) is 2.79. The predicted molar refractivity (Wildman–Crippen MR) is 76.6 cm³/mol. The average molecular weight is 294 g/mol. The molecule has 2 rings (SSSR count). The van der Waals surface area contributed by atoms with E-state index in [4.69, 9.17) is 4.42 Å². The summed E-state index contributed by atoms with van der Waals surface area (Å²) < 4.78 is 4.85. The lowest BCUT2D eigenvalue weighted by atomic mass is 9.91. The van der Waals surface area contributed by atoms with Crippen molar-refractivity contribution in [1.82, 2.24) is 10.2 Å². The molecule has 1 aromatic heterocycles. The van der Waals surface area contributed by atoms with Crippen LogP contribution in [0.5, 0.6) is 0 Å². The standard InChI is InChI=1S/C15H22N2O4/c1-10-4-3-6-17(13(10)8-18)15(20)11(2)16-14(19)12-5-7-21-9-12/h5,7,9-11,13,18H,3-4,6,8H2,1-2H3,(H,16,19). The minimum atomic E-state index is -0.633. The van der Waals surface area contributed by atoms with Gasteiger partial charge in [-0.25, -0.2) is 0 Å². The largest absolute Gasteiger partial charge is 0.472 e. The van der Waals surface area contributed by atoms with Gasteiger partial charge in [0, 0.05) is 6.54 Å². The first-order valence-electron chi connectivity index (χ1n) is 7.29. The molecule has 0 spiro atoms. The minimum Gasteiger partial charge on any atom is -0.472 e. The summed E-state index contributed by atoms with van der Waals surface area (Å²) in [4.78, 5) is 26.1. The number of amides is 2. The summed E-state index contributed by atoms with van der Waals surface area (Å²) in [5, 5.41) is 12.2. The summed E-state index contributed by atoms with van der Waals surface area (Å²) in [5.41, 5.74) is 0.389. The van der Waals surface area contributed by atoms with Crippen molar-refractivity contribution in [1.29, 1.82) is 0 Å². The minimum absolute atomic E-state index is 0.0463. The summed E-state index contributed by atoms with van der Waals surface area (Å²) >= 11 is 0. The summed E-state index contributed by atoms with van der Waals surface area (Å²) in [5.74, 6) is -0.225. The van der Waals surface area contributed by atoms with Crippen molar-refractivity contribution in [3.05, 3.63) is 24.2 Å². The fourth-order valence-corrected chi connectivity index (χ4v) is 2.79. The molecule has 116 valence electrons. The number of nitrogens with zero attached hydrogens (tertiary/aromatic N) is 1. The Labute approximate surface area is 124 Å². The molecule has 0 aromatic carbocycles. The zero-order valence-electron chi connectivity index (χ0n) is 12.4. The number of nitrogens with one attached hydrogen (secondary N) is 1. The van der Waals surface area contributed by atoms with Crippen molar-refractivity contribution in [2.75, 3.05) is 13.2 Å². The van der Waals surface area contributed by atoms with E-state index in [0.717, 1.165) is 12.8 Å². The molecule has 1 saturated heterocycles. The van der Waals surface area contributed by atoms with Gasteiger partial charge >= 0.3 is 0 Å². The summed E-state index contributed by atoms with van der Waals surface area (Å²) in [7, 11) is 0. The third-order valence-corrected chi connectivity index (χ3v) is 4.09. The van der Waals surface area contributed by atoms with Crippen LogP contribution in [-0.2, 0) is 4.79 Å². The van der Waals surface area contributed by atoms with E-state index in [1.54, 1.807) is 17.9 Å². The Morgan fingerprint density at radius 2 is 2.33 bits per heavy atom. The van der Waals surface area contributed by atoms with Gasteiger partial charge in [0.25, 0.3) is 5.91 Å². The number of carbonyl (C=O) groups excluding carboxylic acids is 2. The van der Waals surface area contributed by atoms with E-state index in [1.807, 2.05) is 6.92 Å². The van der Waals surface area contributed by atoms with Gasteiger partial charge in [0.05, 0.1) is 24.5 Å². The second-order valence-corrected chi connectivity index (χ2v) is 5.61. The summed E-state index contributed by atoms with van der Waals surface area (Å²) in [6.07, 6.45) is 4.68. The molecule has 3 atom stereocenters. The van der Waals surface area contributed by atoms with Crippen LogP contribution in [0, 0.1) is 5.92 Å². The van der Waals surface area contributed by atoms with Crippen LogP contribution in [0.15, 0.2) is 23.0 Å². The molecule has 0 saturated carbocycles. The molecular formula is C15H22N2O4. The van der Waals surface area contributed by atoms with Crippen LogP contribution >= 0.6 is 0 Å². The zero-order valence-corrected chi connectivity index (χ0v) is 12.4. The number of carbonyl (C=O) groups is 2. The number of rotatable bonds is 4. The maximum Gasteiger partial charge on any atom is 0.255 e. The molecule has 3 unspecified atom stereocenters. The second-order valence-electron chi connectivity index (χ2n) is 5.61. The molecular weight excluding hydrogens is 272 g/mol. The van der Waals surface area contributed by atoms with Crippen LogP contribution < -0.4 is 5.32 Å². The smallest absolute Gasteiger partial charge is 0.255 e. The third kappa shape index (κ3) is 3.44. The van der Waals surface area contributed by atoms with Crippen LogP contribution in [-0.4, -0.2) is 47.1 Å². The van der Waals surface area contributed by atoms with Gasteiger partial charge in [-0.15, -0.1) is 0 Å². The highest BCUT2D eigenvalue weighted by atomic mass is 16.3. The van der Waals surface area contributed by atoms with Crippen molar-refractivity contribution < 1.29 is 19.1 Å². The molecule has 2 heterocycles. The molecule has 0 bridgehead atoms. The van der Waals surface area contributed by atoms with Crippen molar-refractivity contribution in [3.8, 4) is 0 Å². The van der Waals surface area contributed by atoms with E-state index >= 15 is 0 Å². The molecule has 1 aliphatic rings. The predicted octanol–water partition coefficient (Wildman–Crippen LogP) is 1.02. The molecule has 2 N–H and O–H groups in total. The first kappa shape index (κ1) is 15.6. The van der Waals surface area contributed by atoms with Gasteiger partial charge in [0.15, 0.2) is 0 Å². The van der Waals surface area contributed by atoms with Gasteiger partial charge in [0.2, 0.25) is 5.91 Å². The van der Waals surface area contributed by atoms with Crippen molar-refractivity contribution >= 4 is 11.8 Å². The average Bonchev–Trinajstić information content (AvgIpc) is 3.00. The van der Waals surface area contributed by atoms with E-state index in [0.29, 0.717) is 12.1 Å². The highest BCUT2D eigenvalue weighted by Crippen LogP contribution is 2.23. The molecule has 0 aliphatic carbocycles. The molecule has 6 nitrogen and oxygen atoms in total. The number of likely N-dealkylation sites (tertiary alicyclic amines) is 1. The van der Waals surface area contributed by atoms with Gasteiger partial charge in [-0.2, -0.15) is 0 Å². The second kappa shape index (κ2) is 6.76. The van der Waals surface area contributed by atoms with Gasteiger partial charge in [0.1, 0.15) is 12.3 Å². The highest BCUT2D eigenvalue weighted by Gasteiger charge is 2.33. The van der Waals surface area contributed by atoms with Crippen LogP contribution in [0.1, 0.15) is 37.0 Å². The maximum absolute atomic E-state index is 12.5. The number of hydrogen-bond acceptors (Lipinski definition) is 4.